The number of aryl methyl sites for hydroxylation is 1. The third-order valence-electron chi connectivity index (χ3n) is 4.82. The first-order valence-corrected chi connectivity index (χ1v) is 10.2. The van der Waals surface area contributed by atoms with E-state index in [1.165, 1.54) is 17.0 Å². The average Bonchev–Trinajstić information content (AvgIpc) is 2.90. The summed E-state index contributed by atoms with van der Waals surface area (Å²) in [5, 5.41) is 6.41. The lowest BCUT2D eigenvalue weighted by Gasteiger charge is -2.26. The highest BCUT2D eigenvalue weighted by Gasteiger charge is 2.26. The van der Waals surface area contributed by atoms with Crippen LogP contribution in [0.3, 0.4) is 0 Å². The van der Waals surface area contributed by atoms with Crippen molar-refractivity contribution in [3.8, 4) is 0 Å². The zero-order valence-corrected chi connectivity index (χ0v) is 16.8. The largest absolute Gasteiger partial charge is 0.338 e. The molecule has 0 spiro atoms. The van der Waals surface area contributed by atoms with Gasteiger partial charge in [-0.2, -0.15) is 0 Å². The number of nitrogens with zero attached hydrogens (tertiary/aromatic N) is 2. The lowest BCUT2D eigenvalue weighted by atomic mass is 10.1. The molecule has 0 fully saturated rings. The summed E-state index contributed by atoms with van der Waals surface area (Å²) >= 11 is 6.47. The second kappa shape index (κ2) is 6.99. The topological polar surface area (TPSA) is 85.4 Å². The minimum atomic E-state index is -3.82. The lowest BCUT2D eigenvalue weighted by Crippen LogP contribution is -2.31. The Balaban J connectivity index is 1.99. The maximum Gasteiger partial charge on any atom is 0.272 e. The Labute approximate surface area is 163 Å². The van der Waals surface area contributed by atoms with Gasteiger partial charge in [-0.25, -0.2) is 13.6 Å². The number of rotatable bonds is 4. The number of nitrogens with two attached hydrogens (primary N) is 1. The van der Waals surface area contributed by atoms with Crippen LogP contribution in [0.15, 0.2) is 53.4 Å². The van der Waals surface area contributed by atoms with Crippen molar-refractivity contribution in [1.82, 2.24) is 9.47 Å². The van der Waals surface area contributed by atoms with Crippen LogP contribution in [0.1, 0.15) is 29.0 Å². The smallest absolute Gasteiger partial charge is 0.272 e. The summed E-state index contributed by atoms with van der Waals surface area (Å²) in [6.07, 6.45) is 0. The monoisotopic (exact) mass is 405 g/mol. The number of primary sulfonamides is 1. The third kappa shape index (κ3) is 3.45. The van der Waals surface area contributed by atoms with E-state index in [9.17, 15) is 13.2 Å². The minimum absolute atomic E-state index is 0.00957. The minimum Gasteiger partial charge on any atom is -0.338 e. The van der Waals surface area contributed by atoms with Gasteiger partial charge in [0.05, 0.1) is 16.0 Å². The molecule has 0 saturated heterocycles. The Morgan fingerprint density at radius 2 is 1.85 bits per heavy atom. The molecular weight excluding hydrogens is 386 g/mol. The van der Waals surface area contributed by atoms with E-state index in [1.807, 2.05) is 31.2 Å². The molecule has 1 unspecified atom stereocenters. The number of fused-ring (bicyclic) bond motifs is 1. The number of carbonyl (C=O) groups is 1. The van der Waals surface area contributed by atoms with Crippen molar-refractivity contribution in [2.24, 2.45) is 12.2 Å². The first kappa shape index (κ1) is 19.4. The second-order valence-corrected chi connectivity index (χ2v) is 8.39. The number of para-hydroxylation sites is 1. The standard InChI is InChI=1S/C19H20ClN3O3S/c1-12(13-7-6-8-14(11-13)27(21,25)26)22(2)19(24)18-17(20)15-9-4-5-10-16(15)23(18)3/h4-12H,1-3H3,(H2,21,25,26). The molecular formula is C19H20ClN3O3S. The predicted octanol–water partition coefficient (Wildman–Crippen LogP) is 3.31. The molecule has 3 aromatic rings. The zero-order chi connectivity index (χ0) is 19.9. The maximum atomic E-state index is 13.1. The van der Waals surface area contributed by atoms with E-state index < -0.39 is 10.0 Å². The molecule has 1 atom stereocenters. The van der Waals surface area contributed by atoms with Crippen LogP contribution in [0.2, 0.25) is 5.02 Å². The van der Waals surface area contributed by atoms with Gasteiger partial charge in [0.1, 0.15) is 5.69 Å². The molecule has 0 radical (unpaired) electrons. The predicted molar refractivity (Wildman–Crippen MR) is 106 cm³/mol. The van der Waals surface area contributed by atoms with E-state index in [4.69, 9.17) is 16.7 Å². The summed E-state index contributed by atoms with van der Waals surface area (Å²) in [7, 11) is -0.366. The lowest BCUT2D eigenvalue weighted by molar-refractivity contribution is 0.0733. The third-order valence-corrected chi connectivity index (χ3v) is 6.11. The van der Waals surface area contributed by atoms with E-state index >= 15 is 0 Å². The van der Waals surface area contributed by atoms with Crippen molar-refractivity contribution in [2.45, 2.75) is 17.9 Å². The number of sulfonamides is 1. The highest BCUT2D eigenvalue weighted by Crippen LogP contribution is 2.32. The van der Waals surface area contributed by atoms with Gasteiger partial charge in [0.2, 0.25) is 10.0 Å². The summed E-state index contributed by atoms with van der Waals surface area (Å²) in [4.78, 5) is 14.7. The fourth-order valence-corrected chi connectivity index (χ4v) is 4.04. The van der Waals surface area contributed by atoms with Gasteiger partial charge in [-0.1, -0.05) is 41.9 Å². The molecule has 0 bridgehead atoms. The van der Waals surface area contributed by atoms with Crippen LogP contribution in [-0.2, 0) is 17.1 Å². The van der Waals surface area contributed by atoms with Crippen molar-refractivity contribution in [1.29, 1.82) is 0 Å². The van der Waals surface area contributed by atoms with Crippen molar-refractivity contribution >= 4 is 38.4 Å². The molecule has 2 N–H and O–H groups in total. The van der Waals surface area contributed by atoms with Gasteiger partial charge < -0.3 is 9.47 Å². The van der Waals surface area contributed by atoms with E-state index in [1.54, 1.807) is 30.8 Å². The second-order valence-electron chi connectivity index (χ2n) is 6.45. The summed E-state index contributed by atoms with van der Waals surface area (Å²) in [5.74, 6) is -0.257. The first-order valence-electron chi connectivity index (χ1n) is 8.25. The van der Waals surface area contributed by atoms with E-state index in [0.29, 0.717) is 16.3 Å². The van der Waals surface area contributed by atoms with Crippen LogP contribution in [0.4, 0.5) is 0 Å². The summed E-state index contributed by atoms with van der Waals surface area (Å²) in [6.45, 7) is 1.82. The van der Waals surface area contributed by atoms with Crippen molar-refractivity contribution in [3.63, 3.8) is 0 Å². The van der Waals surface area contributed by atoms with Gasteiger partial charge in [-0.3, -0.25) is 4.79 Å². The molecule has 1 heterocycles. The fourth-order valence-electron chi connectivity index (χ4n) is 3.10. The Bertz CT molecular complexity index is 1100. The van der Waals surface area contributed by atoms with Gasteiger partial charge in [-0.15, -0.1) is 0 Å². The number of aromatic nitrogens is 1. The normalized spacial score (nSPS) is 12.9. The highest BCUT2D eigenvalue weighted by molar-refractivity contribution is 7.89. The first-order chi connectivity index (χ1) is 12.6. The van der Waals surface area contributed by atoms with Gasteiger partial charge >= 0.3 is 0 Å². The quantitative estimate of drug-likeness (QED) is 0.722. The molecule has 2 aromatic carbocycles. The summed E-state index contributed by atoms with van der Waals surface area (Å²) in [6, 6.07) is 13.4. The molecule has 3 rings (SSSR count). The Morgan fingerprint density at radius 3 is 2.48 bits per heavy atom. The molecule has 142 valence electrons. The maximum absolute atomic E-state index is 13.1. The summed E-state index contributed by atoms with van der Waals surface area (Å²) < 4.78 is 25.0. The van der Waals surface area contributed by atoms with Crippen LogP contribution in [-0.4, -0.2) is 30.8 Å². The number of benzene rings is 2. The van der Waals surface area contributed by atoms with Crippen LogP contribution in [0.25, 0.3) is 10.9 Å². The van der Waals surface area contributed by atoms with E-state index in [-0.39, 0.29) is 16.8 Å². The highest BCUT2D eigenvalue weighted by atomic mass is 35.5. The average molecular weight is 406 g/mol. The molecule has 27 heavy (non-hydrogen) atoms. The number of hydrogen-bond acceptors (Lipinski definition) is 3. The van der Waals surface area contributed by atoms with Gasteiger partial charge in [0.25, 0.3) is 5.91 Å². The molecule has 0 saturated carbocycles. The number of carbonyl (C=O) groups excluding carboxylic acids is 1. The molecule has 0 aliphatic heterocycles. The Morgan fingerprint density at radius 1 is 1.19 bits per heavy atom. The molecule has 6 nitrogen and oxygen atoms in total. The van der Waals surface area contributed by atoms with Gasteiger partial charge in [-0.05, 0) is 30.7 Å². The SMILES string of the molecule is CC(c1cccc(S(N)(=O)=O)c1)N(C)C(=O)c1c(Cl)c2ccccc2n1C. The van der Waals surface area contributed by atoms with Crippen LogP contribution < -0.4 is 5.14 Å². The molecule has 0 aliphatic carbocycles. The Kier molecular flexibility index (Phi) is 5.03. The van der Waals surface area contributed by atoms with E-state index in [2.05, 4.69) is 0 Å². The number of halogens is 1. The fraction of sp³-hybridized carbons (Fsp3) is 0.211. The van der Waals surface area contributed by atoms with Gasteiger partial charge in [0.15, 0.2) is 0 Å². The molecule has 1 amide bonds. The molecule has 0 aliphatic rings. The summed E-state index contributed by atoms with van der Waals surface area (Å²) in [5.41, 5.74) is 1.91. The number of hydrogen-bond donors (Lipinski definition) is 1. The number of amides is 1. The van der Waals surface area contributed by atoms with Crippen LogP contribution >= 0.6 is 11.6 Å². The molecule has 8 heteroatoms. The van der Waals surface area contributed by atoms with Crippen LogP contribution in [0.5, 0.6) is 0 Å². The van der Waals surface area contributed by atoms with Crippen LogP contribution in [0, 0.1) is 0 Å². The van der Waals surface area contributed by atoms with Crippen molar-refractivity contribution in [2.75, 3.05) is 7.05 Å². The zero-order valence-electron chi connectivity index (χ0n) is 15.2. The van der Waals surface area contributed by atoms with Gasteiger partial charge in [0, 0.05) is 25.0 Å². The van der Waals surface area contributed by atoms with E-state index in [0.717, 1.165) is 10.9 Å². The van der Waals surface area contributed by atoms with Crippen molar-refractivity contribution < 1.29 is 13.2 Å². The molecule has 1 aromatic heterocycles. The van der Waals surface area contributed by atoms with Crippen molar-refractivity contribution in [3.05, 3.63) is 64.8 Å². The Hall–Kier alpha value is -2.35.